The molecule has 8 heteroatoms. The van der Waals surface area contributed by atoms with Crippen LogP contribution in [-0.2, 0) is 4.79 Å². The molecule has 0 bridgehead atoms. The summed E-state index contributed by atoms with van der Waals surface area (Å²) in [6, 6.07) is 16.6. The second-order valence-electron chi connectivity index (χ2n) is 8.36. The molecule has 3 heterocycles. The summed E-state index contributed by atoms with van der Waals surface area (Å²) in [7, 11) is 1.70. The van der Waals surface area contributed by atoms with Gasteiger partial charge < -0.3 is 14.5 Å². The minimum Gasteiger partial charge on any atom is -0.492 e. The maximum absolute atomic E-state index is 13.5. The molecule has 0 saturated carbocycles. The molecule has 0 radical (unpaired) electrons. The molecule has 2 unspecified atom stereocenters. The van der Waals surface area contributed by atoms with Crippen LogP contribution in [-0.4, -0.2) is 65.0 Å². The van der Waals surface area contributed by atoms with Crippen molar-refractivity contribution < 1.29 is 14.3 Å². The molecule has 3 aliphatic heterocycles. The van der Waals surface area contributed by atoms with Gasteiger partial charge in [-0.2, -0.15) is 0 Å². The monoisotopic (exact) mass is 457 g/mol. The summed E-state index contributed by atoms with van der Waals surface area (Å²) in [5, 5.41) is 0. The quantitative estimate of drug-likeness (QED) is 0.661. The summed E-state index contributed by atoms with van der Waals surface area (Å²) in [4.78, 5) is 38.1. The van der Waals surface area contributed by atoms with Crippen LogP contribution in [0.4, 0.5) is 10.5 Å². The Labute approximate surface area is 199 Å². The van der Waals surface area contributed by atoms with Gasteiger partial charge in [-0.05, 0) is 31.5 Å². The number of urea groups is 1. The second-order valence-corrected chi connectivity index (χ2v) is 8.36. The highest BCUT2D eigenvalue weighted by Gasteiger charge is 2.54. The molecule has 2 atom stereocenters. The molecule has 174 valence electrons. The lowest BCUT2D eigenvalue weighted by Crippen LogP contribution is -2.64. The van der Waals surface area contributed by atoms with Crippen molar-refractivity contribution in [3.63, 3.8) is 0 Å². The van der Waals surface area contributed by atoms with Gasteiger partial charge >= 0.3 is 6.03 Å². The summed E-state index contributed by atoms with van der Waals surface area (Å²) < 4.78 is 5.83. The number of carbonyl (C=O) groups excluding carboxylic acids is 2. The topological polar surface area (TPSA) is 68.7 Å². The third-order valence-corrected chi connectivity index (χ3v) is 6.19. The number of guanidine groups is 1. The highest BCUT2D eigenvalue weighted by Crippen LogP contribution is 2.39. The molecule has 0 spiro atoms. The van der Waals surface area contributed by atoms with E-state index in [-0.39, 0.29) is 18.5 Å². The number of fused-ring (bicyclic) bond motifs is 3. The van der Waals surface area contributed by atoms with E-state index in [0.717, 1.165) is 22.7 Å². The number of benzene rings is 2. The van der Waals surface area contributed by atoms with Crippen LogP contribution >= 0.6 is 0 Å². The number of likely N-dealkylation sites (N-methyl/N-ethyl adjacent to an activating group) is 1. The summed E-state index contributed by atoms with van der Waals surface area (Å²) in [5.74, 6) is 1.10. The van der Waals surface area contributed by atoms with Crippen LogP contribution in [0.2, 0.25) is 0 Å². The first kappa shape index (κ1) is 21.8. The number of ether oxygens (including phenoxy) is 1. The number of nitrogens with zero attached hydrogens (tertiary/aromatic N) is 5. The molecule has 34 heavy (non-hydrogen) atoms. The van der Waals surface area contributed by atoms with Crippen LogP contribution in [0.25, 0.3) is 6.08 Å². The number of para-hydroxylation sites is 2. The van der Waals surface area contributed by atoms with Crippen molar-refractivity contribution in [1.29, 1.82) is 0 Å². The number of amides is 3. The molecule has 3 aliphatic rings. The first-order valence-corrected chi connectivity index (χ1v) is 11.4. The predicted octanol–water partition coefficient (Wildman–Crippen LogP) is 3.74. The lowest BCUT2D eigenvalue weighted by atomic mass is 10.1. The molecular weight excluding hydrogens is 430 g/mol. The maximum atomic E-state index is 13.5. The number of aliphatic imine (C=N–C) groups is 1. The van der Waals surface area contributed by atoms with Crippen LogP contribution < -0.4 is 9.64 Å². The van der Waals surface area contributed by atoms with Crippen molar-refractivity contribution in [1.82, 2.24) is 14.7 Å². The van der Waals surface area contributed by atoms with E-state index in [4.69, 9.17) is 9.73 Å². The lowest BCUT2D eigenvalue weighted by molar-refractivity contribution is -0.136. The van der Waals surface area contributed by atoms with Gasteiger partial charge in [0.25, 0.3) is 5.91 Å². The third kappa shape index (κ3) is 3.51. The smallest absolute Gasteiger partial charge is 0.328 e. The van der Waals surface area contributed by atoms with E-state index in [2.05, 4.69) is 0 Å². The first-order valence-electron chi connectivity index (χ1n) is 11.4. The van der Waals surface area contributed by atoms with E-state index in [1.165, 1.54) is 4.90 Å². The number of carbonyl (C=O) groups is 2. The molecule has 8 nitrogen and oxygen atoms in total. The van der Waals surface area contributed by atoms with Gasteiger partial charge in [0, 0.05) is 25.5 Å². The molecular formula is C26H27N5O3. The molecule has 1 fully saturated rings. The van der Waals surface area contributed by atoms with Gasteiger partial charge in [-0.25, -0.2) is 9.79 Å². The summed E-state index contributed by atoms with van der Waals surface area (Å²) >= 11 is 0. The molecule has 0 aromatic heterocycles. The number of rotatable bonds is 6. The molecule has 2 aromatic rings. The van der Waals surface area contributed by atoms with E-state index in [0.29, 0.717) is 12.6 Å². The summed E-state index contributed by atoms with van der Waals surface area (Å²) in [6.45, 7) is 4.65. The fourth-order valence-corrected chi connectivity index (χ4v) is 4.60. The average molecular weight is 458 g/mol. The van der Waals surface area contributed by atoms with E-state index in [9.17, 15) is 9.59 Å². The largest absolute Gasteiger partial charge is 0.492 e. The molecule has 3 amide bonds. The Kier molecular flexibility index (Phi) is 5.57. The van der Waals surface area contributed by atoms with Crippen LogP contribution in [0.5, 0.6) is 5.75 Å². The third-order valence-electron chi connectivity index (χ3n) is 6.19. The standard InChI is InChI=1S/C26H27N5O3/c1-4-34-21-15-9-8-14-20(21)31-18(2)17-30-22-23(27-25(30)31)28(3)26(33)29(24(22)32)16-10-13-19-11-6-5-7-12-19/h5-15,17,22-23H,4,16H2,1-3H3/b13-10+. The SMILES string of the molecule is CCOc1ccccc1N1C(C)=CN2C1=NC1C2C(=O)N(C/C=C/c2ccccc2)C(=O)N1C. The van der Waals surface area contributed by atoms with Crippen LogP contribution in [0, 0.1) is 0 Å². The summed E-state index contributed by atoms with van der Waals surface area (Å²) in [6.07, 6.45) is 5.09. The van der Waals surface area contributed by atoms with Crippen LogP contribution in [0.3, 0.4) is 0 Å². The van der Waals surface area contributed by atoms with Crippen LogP contribution in [0.15, 0.2) is 77.6 Å². The predicted molar refractivity (Wildman–Crippen MR) is 131 cm³/mol. The minimum absolute atomic E-state index is 0.197. The average Bonchev–Trinajstić information content (AvgIpc) is 3.36. The number of hydrogen-bond acceptors (Lipinski definition) is 6. The van der Waals surface area contributed by atoms with Crippen molar-refractivity contribution in [2.45, 2.75) is 26.1 Å². The Balaban J connectivity index is 1.42. The number of allylic oxidation sites excluding steroid dienone is 1. The van der Waals surface area contributed by atoms with Gasteiger partial charge in [0.1, 0.15) is 5.75 Å². The van der Waals surface area contributed by atoms with Crippen molar-refractivity contribution in [3.8, 4) is 5.75 Å². The number of anilines is 1. The minimum atomic E-state index is -0.609. The zero-order chi connectivity index (χ0) is 23.8. The second kappa shape index (κ2) is 8.70. The Morgan fingerprint density at radius 3 is 2.56 bits per heavy atom. The van der Waals surface area contributed by atoms with Gasteiger partial charge in [-0.1, -0.05) is 54.6 Å². The zero-order valence-electron chi connectivity index (χ0n) is 19.5. The molecule has 0 N–H and O–H groups in total. The maximum Gasteiger partial charge on any atom is 0.328 e. The Morgan fingerprint density at radius 2 is 1.79 bits per heavy atom. The van der Waals surface area contributed by atoms with Gasteiger partial charge in [0.15, 0.2) is 12.2 Å². The van der Waals surface area contributed by atoms with Gasteiger partial charge in [-0.15, -0.1) is 0 Å². The molecule has 5 rings (SSSR count). The Hall–Kier alpha value is -4.07. The lowest BCUT2D eigenvalue weighted by Gasteiger charge is -2.39. The molecule has 2 aromatic carbocycles. The van der Waals surface area contributed by atoms with Gasteiger partial charge in [0.2, 0.25) is 5.96 Å². The van der Waals surface area contributed by atoms with Crippen molar-refractivity contribution in [3.05, 3.63) is 78.1 Å². The van der Waals surface area contributed by atoms with E-state index in [1.54, 1.807) is 11.9 Å². The zero-order valence-corrected chi connectivity index (χ0v) is 19.5. The molecule has 1 saturated heterocycles. The summed E-state index contributed by atoms with van der Waals surface area (Å²) in [5.41, 5.74) is 2.79. The van der Waals surface area contributed by atoms with Crippen LogP contribution in [0.1, 0.15) is 19.4 Å². The van der Waals surface area contributed by atoms with Gasteiger partial charge in [-0.3, -0.25) is 14.6 Å². The number of hydrogen-bond donors (Lipinski definition) is 0. The normalized spacial score (nSPS) is 21.7. The Morgan fingerprint density at radius 1 is 1.06 bits per heavy atom. The highest BCUT2D eigenvalue weighted by molar-refractivity contribution is 6.10. The van der Waals surface area contributed by atoms with E-state index in [1.807, 2.05) is 96.6 Å². The number of imide groups is 1. The van der Waals surface area contributed by atoms with E-state index < -0.39 is 12.2 Å². The Bertz CT molecular complexity index is 1210. The molecule has 0 aliphatic carbocycles. The fraction of sp³-hybridized carbons (Fsp3) is 0.269. The van der Waals surface area contributed by atoms with Gasteiger partial charge in [0.05, 0.1) is 12.3 Å². The van der Waals surface area contributed by atoms with Crippen molar-refractivity contribution in [2.24, 2.45) is 4.99 Å². The highest BCUT2D eigenvalue weighted by atomic mass is 16.5. The van der Waals surface area contributed by atoms with Crippen molar-refractivity contribution in [2.75, 3.05) is 25.1 Å². The van der Waals surface area contributed by atoms with E-state index >= 15 is 0 Å². The fourth-order valence-electron chi connectivity index (χ4n) is 4.60. The van der Waals surface area contributed by atoms with Crippen molar-refractivity contribution >= 4 is 29.7 Å². The first-order chi connectivity index (χ1) is 16.5.